The predicted molar refractivity (Wildman–Crippen MR) is 72.3 cm³/mol. The van der Waals surface area contributed by atoms with E-state index in [-0.39, 0.29) is 11.5 Å². The van der Waals surface area contributed by atoms with Gasteiger partial charge in [-0.2, -0.15) is 0 Å². The van der Waals surface area contributed by atoms with Crippen LogP contribution in [-0.4, -0.2) is 6.54 Å². The first-order valence-electron chi connectivity index (χ1n) is 5.54. The summed E-state index contributed by atoms with van der Waals surface area (Å²) in [5.41, 5.74) is 1.27. The Morgan fingerprint density at radius 3 is 2.00 bits per heavy atom. The lowest BCUT2D eigenvalue weighted by atomic mass is 9.82. The van der Waals surface area contributed by atoms with Crippen LogP contribution in [0.15, 0.2) is 18.2 Å². The van der Waals surface area contributed by atoms with Crippen LogP contribution in [0.3, 0.4) is 0 Å². The van der Waals surface area contributed by atoms with Crippen LogP contribution in [0.2, 0.25) is 10.0 Å². The maximum Gasteiger partial charge on any atom is 0.0424 e. The zero-order valence-electron chi connectivity index (χ0n) is 10.3. The molecule has 0 heterocycles. The van der Waals surface area contributed by atoms with E-state index in [1.165, 1.54) is 0 Å². The first-order chi connectivity index (χ1) is 7.34. The molecule has 1 atom stereocenters. The zero-order valence-corrected chi connectivity index (χ0v) is 11.8. The highest BCUT2D eigenvalue weighted by Crippen LogP contribution is 2.35. The SMILES string of the molecule is CCNC(c1cc(Cl)cc(Cl)c1)C(C)(C)C. The molecule has 0 aliphatic carbocycles. The molecule has 0 saturated carbocycles. The molecule has 3 heteroatoms. The molecule has 1 unspecified atom stereocenters. The second-order valence-electron chi connectivity index (χ2n) is 5.06. The van der Waals surface area contributed by atoms with Gasteiger partial charge in [0.25, 0.3) is 0 Å². The molecule has 0 aliphatic rings. The number of benzene rings is 1. The Kier molecular flexibility index (Phi) is 4.66. The number of hydrogen-bond donors (Lipinski definition) is 1. The van der Waals surface area contributed by atoms with Crippen LogP contribution in [0, 0.1) is 5.41 Å². The van der Waals surface area contributed by atoms with Gasteiger partial charge in [0.15, 0.2) is 0 Å². The van der Waals surface area contributed by atoms with E-state index in [0.717, 1.165) is 12.1 Å². The Labute approximate surface area is 108 Å². The van der Waals surface area contributed by atoms with Gasteiger partial charge in [0, 0.05) is 16.1 Å². The average molecular weight is 260 g/mol. The molecule has 1 nitrogen and oxygen atoms in total. The quantitative estimate of drug-likeness (QED) is 0.831. The Balaban J connectivity index is 3.10. The van der Waals surface area contributed by atoms with Crippen LogP contribution in [0.1, 0.15) is 39.3 Å². The van der Waals surface area contributed by atoms with Crippen molar-refractivity contribution >= 4 is 23.2 Å². The van der Waals surface area contributed by atoms with E-state index < -0.39 is 0 Å². The van der Waals surface area contributed by atoms with Gasteiger partial charge >= 0.3 is 0 Å². The molecule has 0 aliphatic heterocycles. The van der Waals surface area contributed by atoms with Crippen molar-refractivity contribution in [2.24, 2.45) is 5.41 Å². The number of nitrogens with one attached hydrogen (secondary N) is 1. The van der Waals surface area contributed by atoms with Crippen molar-refractivity contribution in [3.8, 4) is 0 Å². The Morgan fingerprint density at radius 2 is 1.62 bits per heavy atom. The molecule has 0 spiro atoms. The third kappa shape index (κ3) is 3.65. The summed E-state index contributed by atoms with van der Waals surface area (Å²) < 4.78 is 0. The fraction of sp³-hybridized carbons (Fsp3) is 0.538. The molecule has 0 bridgehead atoms. The second kappa shape index (κ2) is 5.39. The third-order valence-corrected chi connectivity index (χ3v) is 2.93. The fourth-order valence-corrected chi connectivity index (χ4v) is 2.41. The molecular formula is C13H19Cl2N. The molecule has 1 N–H and O–H groups in total. The Hall–Kier alpha value is -0.240. The topological polar surface area (TPSA) is 12.0 Å². The van der Waals surface area contributed by atoms with E-state index in [1.807, 2.05) is 12.1 Å². The molecule has 0 amide bonds. The number of hydrogen-bond acceptors (Lipinski definition) is 1. The van der Waals surface area contributed by atoms with Gasteiger partial charge in [-0.15, -0.1) is 0 Å². The smallest absolute Gasteiger partial charge is 0.0424 e. The highest BCUT2D eigenvalue weighted by atomic mass is 35.5. The minimum absolute atomic E-state index is 0.129. The molecule has 1 aromatic rings. The Bertz CT molecular complexity index is 335. The van der Waals surface area contributed by atoms with E-state index in [0.29, 0.717) is 10.0 Å². The molecule has 1 aromatic carbocycles. The first-order valence-corrected chi connectivity index (χ1v) is 6.29. The van der Waals surface area contributed by atoms with E-state index in [2.05, 4.69) is 33.0 Å². The van der Waals surface area contributed by atoms with Crippen LogP contribution >= 0.6 is 23.2 Å². The summed E-state index contributed by atoms with van der Waals surface area (Å²) in [6.45, 7) is 9.64. The largest absolute Gasteiger partial charge is 0.310 e. The van der Waals surface area contributed by atoms with Crippen molar-refractivity contribution in [3.63, 3.8) is 0 Å². The second-order valence-corrected chi connectivity index (χ2v) is 5.93. The summed E-state index contributed by atoms with van der Waals surface area (Å²) in [5.74, 6) is 0. The standard InChI is InChI=1S/C13H19Cl2N/c1-5-16-12(13(2,3)4)9-6-10(14)8-11(15)7-9/h6-8,12,16H,5H2,1-4H3. The summed E-state index contributed by atoms with van der Waals surface area (Å²) in [5, 5.41) is 4.85. The van der Waals surface area contributed by atoms with Crippen molar-refractivity contribution in [1.29, 1.82) is 0 Å². The highest BCUT2D eigenvalue weighted by Gasteiger charge is 2.25. The maximum atomic E-state index is 6.03. The monoisotopic (exact) mass is 259 g/mol. The molecule has 0 aromatic heterocycles. The first kappa shape index (κ1) is 13.8. The molecule has 1 rings (SSSR count). The highest BCUT2D eigenvalue weighted by molar-refractivity contribution is 6.34. The van der Waals surface area contributed by atoms with Gasteiger partial charge in [-0.25, -0.2) is 0 Å². The molecule has 90 valence electrons. The van der Waals surface area contributed by atoms with Gasteiger partial charge in [-0.3, -0.25) is 0 Å². The normalized spacial score (nSPS) is 13.9. The van der Waals surface area contributed by atoms with Gasteiger partial charge in [0.1, 0.15) is 0 Å². The van der Waals surface area contributed by atoms with Crippen molar-refractivity contribution in [3.05, 3.63) is 33.8 Å². The summed E-state index contributed by atoms with van der Waals surface area (Å²) >= 11 is 12.1. The number of halogens is 2. The van der Waals surface area contributed by atoms with Crippen LogP contribution < -0.4 is 5.32 Å². The van der Waals surface area contributed by atoms with E-state index in [1.54, 1.807) is 6.07 Å². The average Bonchev–Trinajstić information content (AvgIpc) is 2.10. The van der Waals surface area contributed by atoms with Crippen LogP contribution in [-0.2, 0) is 0 Å². The van der Waals surface area contributed by atoms with Gasteiger partial charge < -0.3 is 5.32 Å². The lowest BCUT2D eigenvalue weighted by Gasteiger charge is -2.32. The van der Waals surface area contributed by atoms with E-state index in [9.17, 15) is 0 Å². The predicted octanol–water partition coefficient (Wildman–Crippen LogP) is 4.69. The Morgan fingerprint density at radius 1 is 1.12 bits per heavy atom. The van der Waals surface area contributed by atoms with Gasteiger partial charge in [-0.05, 0) is 35.7 Å². The minimum atomic E-state index is 0.129. The lowest BCUT2D eigenvalue weighted by molar-refractivity contribution is 0.277. The van der Waals surface area contributed by atoms with Crippen molar-refractivity contribution < 1.29 is 0 Å². The van der Waals surface area contributed by atoms with Crippen molar-refractivity contribution in [2.45, 2.75) is 33.7 Å². The molecule has 0 fully saturated rings. The van der Waals surface area contributed by atoms with Crippen molar-refractivity contribution in [1.82, 2.24) is 5.32 Å². The van der Waals surface area contributed by atoms with E-state index in [4.69, 9.17) is 23.2 Å². The van der Waals surface area contributed by atoms with Crippen LogP contribution in [0.4, 0.5) is 0 Å². The minimum Gasteiger partial charge on any atom is -0.310 e. The van der Waals surface area contributed by atoms with Gasteiger partial charge in [0.2, 0.25) is 0 Å². The molecule has 16 heavy (non-hydrogen) atoms. The number of rotatable bonds is 3. The summed E-state index contributed by atoms with van der Waals surface area (Å²) in [4.78, 5) is 0. The zero-order chi connectivity index (χ0) is 12.3. The summed E-state index contributed by atoms with van der Waals surface area (Å²) in [7, 11) is 0. The fourth-order valence-electron chi connectivity index (χ4n) is 1.87. The van der Waals surface area contributed by atoms with E-state index >= 15 is 0 Å². The lowest BCUT2D eigenvalue weighted by Crippen LogP contribution is -2.32. The van der Waals surface area contributed by atoms with Gasteiger partial charge in [0.05, 0.1) is 0 Å². The van der Waals surface area contributed by atoms with Crippen LogP contribution in [0.25, 0.3) is 0 Å². The van der Waals surface area contributed by atoms with Crippen molar-refractivity contribution in [2.75, 3.05) is 6.54 Å². The van der Waals surface area contributed by atoms with Crippen LogP contribution in [0.5, 0.6) is 0 Å². The maximum absolute atomic E-state index is 6.03. The summed E-state index contributed by atoms with van der Waals surface area (Å²) in [6.07, 6.45) is 0. The molecule has 0 radical (unpaired) electrons. The van der Waals surface area contributed by atoms with Gasteiger partial charge in [-0.1, -0.05) is 50.9 Å². The molecular weight excluding hydrogens is 241 g/mol. The molecule has 0 saturated heterocycles. The summed E-state index contributed by atoms with van der Waals surface area (Å²) in [6, 6.07) is 5.98. The third-order valence-electron chi connectivity index (χ3n) is 2.49.